The number of nitrogen functional groups attached to an aromatic ring is 1. The number of hydrogen-bond donors (Lipinski definition) is 1. The number of nitrogens with zero attached hydrogens (tertiary/aromatic N) is 1. The number of anilines is 1. The van der Waals surface area contributed by atoms with Crippen LogP contribution in [0.1, 0.15) is 38.2 Å². The van der Waals surface area contributed by atoms with Crippen LogP contribution in [-0.4, -0.2) is 36.4 Å². The first kappa shape index (κ1) is 14.8. The highest BCUT2D eigenvalue weighted by Gasteiger charge is 2.52. The number of ether oxygens (including phenoxy) is 1. The van der Waals surface area contributed by atoms with E-state index in [2.05, 4.69) is 4.98 Å². The Morgan fingerprint density at radius 2 is 1.80 bits per heavy atom. The lowest BCUT2D eigenvalue weighted by atomic mass is 9.77. The maximum atomic E-state index is 11.8. The lowest BCUT2D eigenvalue weighted by Crippen LogP contribution is -2.41. The lowest BCUT2D eigenvalue weighted by molar-refractivity contribution is 0.00578. The highest BCUT2D eigenvalue weighted by Crippen LogP contribution is 2.36. The Kier molecular flexibility index (Phi) is 3.52. The molecule has 1 aromatic heterocycles. The Morgan fingerprint density at radius 1 is 1.25 bits per heavy atom. The monoisotopic (exact) mass is 278 g/mol. The van der Waals surface area contributed by atoms with Crippen molar-refractivity contribution in [1.29, 1.82) is 0 Å². The summed E-state index contributed by atoms with van der Waals surface area (Å²) in [4.78, 5) is 15.8. The third-order valence-electron chi connectivity index (χ3n) is 3.83. The fraction of sp³-hybridized carbons (Fsp3) is 0.538. The van der Waals surface area contributed by atoms with E-state index >= 15 is 0 Å². The molecule has 2 N–H and O–H groups in total. The molecule has 0 atom stereocenters. The standard InChI is InChI=1S/C13H19BN2O4/c1-12(2)13(3,4)20-14(19-12)8-6-7-9(15)16-10(8)11(17)18-5/h6-7H,1-5H3,(H2,15,16). The number of hydrogen-bond acceptors (Lipinski definition) is 6. The molecule has 0 unspecified atom stereocenters. The van der Waals surface area contributed by atoms with Crippen molar-refractivity contribution in [2.45, 2.75) is 38.9 Å². The Hall–Kier alpha value is -1.60. The number of methoxy groups -OCH3 is 1. The fourth-order valence-corrected chi connectivity index (χ4v) is 1.91. The molecule has 0 saturated carbocycles. The number of rotatable bonds is 2. The number of carbonyl (C=O) groups is 1. The molecule has 1 fully saturated rings. The van der Waals surface area contributed by atoms with Crippen LogP contribution in [0.4, 0.5) is 5.82 Å². The molecule has 0 spiro atoms. The normalized spacial score (nSPS) is 19.9. The second kappa shape index (κ2) is 4.75. The van der Waals surface area contributed by atoms with Crippen LogP contribution < -0.4 is 11.2 Å². The minimum Gasteiger partial charge on any atom is -0.464 e. The SMILES string of the molecule is COC(=O)c1nc(N)ccc1B1OC(C)(C)C(C)(C)O1. The van der Waals surface area contributed by atoms with Gasteiger partial charge in [-0.05, 0) is 33.8 Å². The van der Waals surface area contributed by atoms with E-state index in [1.165, 1.54) is 7.11 Å². The summed E-state index contributed by atoms with van der Waals surface area (Å²) in [5.74, 6) is -0.326. The van der Waals surface area contributed by atoms with E-state index in [0.29, 0.717) is 5.46 Å². The van der Waals surface area contributed by atoms with Gasteiger partial charge in [-0.25, -0.2) is 9.78 Å². The highest BCUT2D eigenvalue weighted by atomic mass is 16.7. The van der Waals surface area contributed by atoms with Gasteiger partial charge in [0, 0.05) is 5.46 Å². The van der Waals surface area contributed by atoms with Gasteiger partial charge in [-0.1, -0.05) is 6.07 Å². The van der Waals surface area contributed by atoms with E-state index in [4.69, 9.17) is 19.8 Å². The Bertz CT molecular complexity index is 529. The maximum absolute atomic E-state index is 11.8. The van der Waals surface area contributed by atoms with Gasteiger partial charge in [0.15, 0.2) is 5.69 Å². The molecule has 108 valence electrons. The van der Waals surface area contributed by atoms with Gasteiger partial charge in [0.25, 0.3) is 0 Å². The van der Waals surface area contributed by atoms with Crippen LogP contribution in [0, 0.1) is 0 Å². The van der Waals surface area contributed by atoms with Crippen LogP contribution >= 0.6 is 0 Å². The summed E-state index contributed by atoms with van der Waals surface area (Å²) in [5.41, 5.74) is 5.27. The van der Waals surface area contributed by atoms with Crippen LogP contribution in [0.2, 0.25) is 0 Å². The molecule has 0 amide bonds. The minimum atomic E-state index is -0.679. The molecule has 1 aliphatic rings. The van der Waals surface area contributed by atoms with Gasteiger partial charge < -0.3 is 19.8 Å². The molecule has 0 radical (unpaired) electrons. The third-order valence-corrected chi connectivity index (χ3v) is 3.83. The zero-order valence-corrected chi connectivity index (χ0v) is 12.4. The van der Waals surface area contributed by atoms with Crippen molar-refractivity contribution >= 4 is 24.4 Å². The van der Waals surface area contributed by atoms with Crippen molar-refractivity contribution in [1.82, 2.24) is 4.98 Å². The third kappa shape index (κ3) is 2.38. The van der Waals surface area contributed by atoms with Crippen molar-refractivity contribution in [3.05, 3.63) is 17.8 Å². The average Bonchev–Trinajstić information content (AvgIpc) is 2.57. The molecule has 2 heterocycles. The van der Waals surface area contributed by atoms with Crippen LogP contribution in [0.25, 0.3) is 0 Å². The molecule has 1 aliphatic heterocycles. The first-order valence-electron chi connectivity index (χ1n) is 6.38. The smallest absolute Gasteiger partial charge is 0.464 e. The predicted octanol–water partition coefficient (Wildman–Crippen LogP) is 0.750. The van der Waals surface area contributed by atoms with Gasteiger partial charge in [0.1, 0.15) is 5.82 Å². The van der Waals surface area contributed by atoms with Crippen molar-refractivity contribution in [3.63, 3.8) is 0 Å². The van der Waals surface area contributed by atoms with Crippen LogP contribution in [0.15, 0.2) is 12.1 Å². The molecule has 0 aliphatic carbocycles. The van der Waals surface area contributed by atoms with E-state index in [-0.39, 0.29) is 11.5 Å². The van der Waals surface area contributed by atoms with E-state index in [1.807, 2.05) is 27.7 Å². The van der Waals surface area contributed by atoms with Crippen LogP contribution in [0.5, 0.6) is 0 Å². The molecule has 20 heavy (non-hydrogen) atoms. The Labute approximate surface area is 118 Å². The van der Waals surface area contributed by atoms with Crippen molar-refractivity contribution in [2.24, 2.45) is 0 Å². The van der Waals surface area contributed by atoms with E-state index in [0.717, 1.165) is 0 Å². The van der Waals surface area contributed by atoms with Gasteiger partial charge in [0.05, 0.1) is 18.3 Å². The summed E-state index contributed by atoms with van der Waals surface area (Å²) in [5, 5.41) is 0. The summed E-state index contributed by atoms with van der Waals surface area (Å²) in [6.45, 7) is 7.76. The fourth-order valence-electron chi connectivity index (χ4n) is 1.91. The van der Waals surface area contributed by atoms with Crippen molar-refractivity contribution < 1.29 is 18.8 Å². The topological polar surface area (TPSA) is 83.7 Å². The van der Waals surface area contributed by atoms with Crippen LogP contribution in [0.3, 0.4) is 0 Å². The Balaban J connectivity index is 2.42. The summed E-state index contributed by atoms with van der Waals surface area (Å²) in [6, 6.07) is 3.28. The number of nitrogens with two attached hydrogens (primary N) is 1. The summed E-state index contributed by atoms with van der Waals surface area (Å²) in [7, 11) is 0.614. The minimum absolute atomic E-state index is 0.117. The first-order chi connectivity index (χ1) is 9.18. The molecule has 1 saturated heterocycles. The van der Waals surface area contributed by atoms with Gasteiger partial charge in [-0.15, -0.1) is 0 Å². The van der Waals surface area contributed by atoms with Crippen LogP contribution in [-0.2, 0) is 14.0 Å². The molecule has 2 rings (SSSR count). The van der Waals surface area contributed by atoms with E-state index in [9.17, 15) is 4.79 Å². The quantitative estimate of drug-likeness (QED) is 0.635. The molecular formula is C13H19BN2O4. The number of aromatic nitrogens is 1. The highest BCUT2D eigenvalue weighted by molar-refractivity contribution is 6.63. The van der Waals surface area contributed by atoms with Gasteiger partial charge >= 0.3 is 13.1 Å². The Morgan fingerprint density at radius 3 is 2.30 bits per heavy atom. The lowest BCUT2D eigenvalue weighted by Gasteiger charge is -2.32. The zero-order chi connectivity index (χ0) is 15.1. The summed E-state index contributed by atoms with van der Waals surface area (Å²) >= 11 is 0. The molecule has 7 heteroatoms. The summed E-state index contributed by atoms with van der Waals surface area (Å²) < 4.78 is 16.6. The maximum Gasteiger partial charge on any atom is 0.497 e. The predicted molar refractivity (Wildman–Crippen MR) is 75.7 cm³/mol. The number of pyridine rings is 1. The largest absolute Gasteiger partial charge is 0.497 e. The number of esters is 1. The zero-order valence-electron chi connectivity index (χ0n) is 12.4. The van der Waals surface area contributed by atoms with Gasteiger partial charge in [-0.3, -0.25) is 0 Å². The molecule has 0 bridgehead atoms. The summed E-state index contributed by atoms with van der Waals surface area (Å²) in [6.07, 6.45) is 0. The van der Waals surface area contributed by atoms with E-state index < -0.39 is 24.3 Å². The first-order valence-corrected chi connectivity index (χ1v) is 6.38. The molecular weight excluding hydrogens is 259 g/mol. The molecule has 1 aromatic rings. The van der Waals surface area contributed by atoms with Gasteiger partial charge in [0.2, 0.25) is 0 Å². The second-order valence-corrected chi connectivity index (χ2v) is 5.75. The second-order valence-electron chi connectivity index (χ2n) is 5.75. The van der Waals surface area contributed by atoms with Gasteiger partial charge in [-0.2, -0.15) is 0 Å². The molecule has 0 aromatic carbocycles. The van der Waals surface area contributed by atoms with E-state index in [1.54, 1.807) is 12.1 Å². The molecule has 6 nitrogen and oxygen atoms in total. The van der Waals surface area contributed by atoms with Crippen molar-refractivity contribution in [3.8, 4) is 0 Å². The average molecular weight is 278 g/mol. The van der Waals surface area contributed by atoms with Crippen molar-refractivity contribution in [2.75, 3.05) is 12.8 Å². The number of carbonyl (C=O) groups excluding carboxylic acids is 1.